The molecule has 108 valence electrons. The number of nitrogens with zero attached hydrogens (tertiary/aromatic N) is 3. The van der Waals surface area contributed by atoms with E-state index >= 15 is 0 Å². The van der Waals surface area contributed by atoms with Crippen LogP contribution in [0.2, 0.25) is 0 Å². The van der Waals surface area contributed by atoms with E-state index < -0.39 is 0 Å². The van der Waals surface area contributed by atoms with Crippen LogP contribution in [0.4, 0.5) is 0 Å². The first-order chi connectivity index (χ1) is 9.83. The molecule has 0 saturated heterocycles. The van der Waals surface area contributed by atoms with Crippen molar-refractivity contribution in [3.05, 3.63) is 29.2 Å². The van der Waals surface area contributed by atoms with Gasteiger partial charge in [0.2, 0.25) is 0 Å². The Bertz CT molecular complexity index is 564. The van der Waals surface area contributed by atoms with E-state index in [0.29, 0.717) is 4.77 Å². The molecule has 0 aliphatic rings. The van der Waals surface area contributed by atoms with E-state index in [1.54, 1.807) is 6.20 Å². The van der Waals surface area contributed by atoms with Gasteiger partial charge in [-0.25, -0.2) is 0 Å². The highest BCUT2D eigenvalue weighted by Gasteiger charge is 2.09. The summed E-state index contributed by atoms with van der Waals surface area (Å²) in [5, 5.41) is 7.09. The lowest BCUT2D eigenvalue weighted by Gasteiger charge is -2.07. The van der Waals surface area contributed by atoms with Crippen molar-refractivity contribution in [2.75, 3.05) is 13.2 Å². The maximum atomic E-state index is 5.56. The summed E-state index contributed by atoms with van der Waals surface area (Å²) in [4.78, 5) is 4.31. The van der Waals surface area contributed by atoms with Gasteiger partial charge in [-0.2, -0.15) is 5.10 Å². The monoisotopic (exact) mass is 292 g/mol. The fourth-order valence-corrected chi connectivity index (χ4v) is 2.11. The topological polar surface area (TPSA) is 55.7 Å². The standard InChI is InChI=1S/C14H20N4OS/c1-2-3-10-19-11-6-9-18-13(16-17-14(18)20)12-7-4-5-8-15-12/h4-5,7-8H,2-3,6,9-11H2,1H3,(H,17,20). The summed E-state index contributed by atoms with van der Waals surface area (Å²) in [6.07, 6.45) is 4.95. The third kappa shape index (κ3) is 3.98. The SMILES string of the molecule is CCCCOCCCn1c(-c2ccccn2)n[nH]c1=S. The molecular formula is C14H20N4OS. The Balaban J connectivity index is 1.95. The average molecular weight is 292 g/mol. The molecule has 6 heteroatoms. The van der Waals surface area contributed by atoms with Crippen LogP contribution in [0.5, 0.6) is 0 Å². The molecular weight excluding hydrogens is 272 g/mol. The van der Waals surface area contributed by atoms with E-state index in [2.05, 4.69) is 22.1 Å². The minimum atomic E-state index is 0.624. The van der Waals surface area contributed by atoms with Crippen molar-refractivity contribution in [1.82, 2.24) is 19.7 Å². The maximum absolute atomic E-state index is 5.56. The first-order valence-electron chi connectivity index (χ1n) is 6.97. The largest absolute Gasteiger partial charge is 0.381 e. The summed E-state index contributed by atoms with van der Waals surface area (Å²) in [5.74, 6) is 0.782. The molecule has 0 aromatic carbocycles. The zero-order valence-corrected chi connectivity index (χ0v) is 12.5. The highest BCUT2D eigenvalue weighted by molar-refractivity contribution is 7.71. The summed E-state index contributed by atoms with van der Waals surface area (Å²) in [6.45, 7) is 4.52. The number of aromatic amines is 1. The molecule has 0 unspecified atom stereocenters. The zero-order chi connectivity index (χ0) is 14.2. The second-order valence-electron chi connectivity index (χ2n) is 4.54. The van der Waals surface area contributed by atoms with E-state index in [1.807, 2.05) is 22.8 Å². The van der Waals surface area contributed by atoms with Gasteiger partial charge in [0, 0.05) is 26.0 Å². The Morgan fingerprint density at radius 1 is 1.30 bits per heavy atom. The van der Waals surface area contributed by atoms with Gasteiger partial charge in [-0.15, -0.1) is 0 Å². The van der Waals surface area contributed by atoms with Gasteiger partial charge in [-0.3, -0.25) is 14.6 Å². The van der Waals surface area contributed by atoms with Crippen LogP contribution in [0, 0.1) is 4.77 Å². The molecule has 2 heterocycles. The summed E-state index contributed by atoms with van der Waals surface area (Å²) in [5.41, 5.74) is 0.826. The molecule has 20 heavy (non-hydrogen) atoms. The molecule has 0 radical (unpaired) electrons. The molecule has 2 aromatic heterocycles. The van der Waals surface area contributed by atoms with Gasteiger partial charge < -0.3 is 4.74 Å². The molecule has 0 aliphatic heterocycles. The number of hydrogen-bond acceptors (Lipinski definition) is 4. The van der Waals surface area contributed by atoms with Crippen LogP contribution in [0.3, 0.4) is 0 Å². The van der Waals surface area contributed by atoms with Crippen molar-refractivity contribution in [2.45, 2.75) is 32.7 Å². The predicted molar refractivity (Wildman–Crippen MR) is 81.0 cm³/mol. The molecule has 0 fully saturated rings. The summed E-state index contributed by atoms with van der Waals surface area (Å²) in [7, 11) is 0. The summed E-state index contributed by atoms with van der Waals surface area (Å²) in [6, 6.07) is 5.76. The third-order valence-corrected chi connectivity index (χ3v) is 3.28. The molecule has 0 spiro atoms. The molecule has 0 bridgehead atoms. The third-order valence-electron chi connectivity index (χ3n) is 2.96. The Morgan fingerprint density at radius 2 is 2.15 bits per heavy atom. The normalized spacial score (nSPS) is 10.8. The number of ether oxygens (including phenoxy) is 1. The molecule has 2 rings (SSSR count). The van der Waals surface area contributed by atoms with E-state index in [-0.39, 0.29) is 0 Å². The first-order valence-corrected chi connectivity index (χ1v) is 7.38. The first kappa shape index (κ1) is 14.9. The van der Waals surface area contributed by atoms with E-state index in [1.165, 1.54) is 0 Å². The second kappa shape index (κ2) is 7.91. The molecule has 0 saturated carbocycles. The average Bonchev–Trinajstić information content (AvgIpc) is 2.85. The smallest absolute Gasteiger partial charge is 0.195 e. The van der Waals surface area contributed by atoms with Crippen molar-refractivity contribution in [1.29, 1.82) is 0 Å². The highest BCUT2D eigenvalue weighted by Crippen LogP contribution is 2.14. The lowest BCUT2D eigenvalue weighted by molar-refractivity contribution is 0.126. The summed E-state index contributed by atoms with van der Waals surface area (Å²) >= 11 is 5.27. The number of pyridine rings is 1. The number of hydrogen-bond donors (Lipinski definition) is 1. The maximum Gasteiger partial charge on any atom is 0.195 e. The van der Waals surface area contributed by atoms with Crippen LogP contribution >= 0.6 is 12.2 Å². The molecule has 0 atom stereocenters. The number of aromatic nitrogens is 4. The zero-order valence-electron chi connectivity index (χ0n) is 11.7. The van der Waals surface area contributed by atoms with Crippen molar-refractivity contribution >= 4 is 12.2 Å². The van der Waals surface area contributed by atoms with Crippen molar-refractivity contribution < 1.29 is 4.74 Å². The van der Waals surface area contributed by atoms with Gasteiger partial charge >= 0.3 is 0 Å². The minimum Gasteiger partial charge on any atom is -0.381 e. The molecule has 1 N–H and O–H groups in total. The lowest BCUT2D eigenvalue weighted by atomic mass is 10.3. The molecule has 2 aromatic rings. The van der Waals surface area contributed by atoms with Gasteiger partial charge in [0.05, 0.1) is 0 Å². The fraction of sp³-hybridized carbons (Fsp3) is 0.500. The van der Waals surface area contributed by atoms with Crippen molar-refractivity contribution in [3.8, 4) is 11.5 Å². The van der Waals surface area contributed by atoms with Crippen molar-refractivity contribution in [2.24, 2.45) is 0 Å². The van der Waals surface area contributed by atoms with Crippen LogP contribution in [0.1, 0.15) is 26.2 Å². The van der Waals surface area contributed by atoms with Crippen molar-refractivity contribution in [3.63, 3.8) is 0 Å². The number of rotatable bonds is 8. The number of nitrogens with one attached hydrogen (secondary N) is 1. The van der Waals surface area contributed by atoms with Gasteiger partial charge in [0.1, 0.15) is 5.69 Å². The van der Waals surface area contributed by atoms with Crippen LogP contribution in [0.15, 0.2) is 24.4 Å². The Morgan fingerprint density at radius 3 is 2.90 bits per heavy atom. The minimum absolute atomic E-state index is 0.624. The van der Waals surface area contributed by atoms with Gasteiger partial charge in [-0.05, 0) is 37.2 Å². The Hall–Kier alpha value is -1.53. The fourth-order valence-electron chi connectivity index (χ4n) is 1.89. The quantitative estimate of drug-likeness (QED) is 0.599. The molecule has 0 aliphatic carbocycles. The highest BCUT2D eigenvalue weighted by atomic mass is 32.1. The Kier molecular flexibility index (Phi) is 5.88. The van der Waals surface area contributed by atoms with Crippen LogP contribution in [-0.2, 0) is 11.3 Å². The predicted octanol–water partition coefficient (Wildman–Crippen LogP) is 3.21. The Labute approximate surface area is 124 Å². The van der Waals surface area contributed by atoms with E-state index in [0.717, 1.165) is 50.5 Å². The van der Waals surface area contributed by atoms with E-state index in [9.17, 15) is 0 Å². The number of unbranched alkanes of at least 4 members (excludes halogenated alkanes) is 1. The van der Waals surface area contributed by atoms with Gasteiger partial charge in [0.25, 0.3) is 0 Å². The van der Waals surface area contributed by atoms with Gasteiger partial charge in [0.15, 0.2) is 10.6 Å². The molecule has 5 nitrogen and oxygen atoms in total. The van der Waals surface area contributed by atoms with Gasteiger partial charge in [-0.1, -0.05) is 19.4 Å². The molecule has 0 amide bonds. The number of H-pyrrole nitrogens is 1. The summed E-state index contributed by atoms with van der Waals surface area (Å²) < 4.78 is 8.16. The van der Waals surface area contributed by atoms with Crippen LogP contribution in [-0.4, -0.2) is 33.0 Å². The second-order valence-corrected chi connectivity index (χ2v) is 4.93. The van der Waals surface area contributed by atoms with E-state index in [4.69, 9.17) is 17.0 Å². The lowest BCUT2D eigenvalue weighted by Crippen LogP contribution is -2.06. The van der Waals surface area contributed by atoms with Crippen LogP contribution < -0.4 is 0 Å². The van der Waals surface area contributed by atoms with Crippen LogP contribution in [0.25, 0.3) is 11.5 Å².